The van der Waals surface area contributed by atoms with E-state index >= 15 is 0 Å². The molecule has 0 bridgehead atoms. The number of pyridine rings is 1. The lowest BCUT2D eigenvalue weighted by atomic mass is 9.75. The Hall–Kier alpha value is -1.43. The number of carbonyl (C=O) groups excluding carboxylic acids is 1. The number of nitrogens with one attached hydrogen (secondary N) is 1. The van der Waals surface area contributed by atoms with Gasteiger partial charge in [-0.3, -0.25) is 4.79 Å². The number of aliphatic carboxylic acids is 1. The van der Waals surface area contributed by atoms with Gasteiger partial charge in [-0.15, -0.1) is 0 Å². The van der Waals surface area contributed by atoms with Crippen molar-refractivity contribution in [2.24, 2.45) is 5.92 Å². The monoisotopic (exact) mass is 354 g/mol. The summed E-state index contributed by atoms with van der Waals surface area (Å²) < 4.78 is 0.560. The summed E-state index contributed by atoms with van der Waals surface area (Å²) in [5.41, 5.74) is -0.949. The normalized spacial score (nSPS) is 25.3. The van der Waals surface area contributed by atoms with Gasteiger partial charge in [-0.05, 0) is 59.7 Å². The smallest absolute Gasteiger partial charge is 0.329 e. The molecule has 0 unspecified atom stereocenters. The highest BCUT2D eigenvalue weighted by Crippen LogP contribution is 2.34. The van der Waals surface area contributed by atoms with Crippen LogP contribution in [0.2, 0.25) is 0 Å². The van der Waals surface area contributed by atoms with E-state index < -0.39 is 17.4 Å². The second kappa shape index (κ2) is 6.56. The molecule has 1 amide bonds. The molecule has 1 fully saturated rings. The molecule has 1 heterocycles. The van der Waals surface area contributed by atoms with Gasteiger partial charge in [0.25, 0.3) is 5.91 Å². The molecule has 0 aliphatic heterocycles. The van der Waals surface area contributed by atoms with Crippen LogP contribution in [0, 0.1) is 5.92 Å². The molecule has 2 rings (SSSR count). The van der Waals surface area contributed by atoms with Gasteiger partial charge in [0.05, 0.1) is 0 Å². The molecule has 0 saturated heterocycles. The average Bonchev–Trinajstić information content (AvgIpc) is 2.48. The Bertz CT molecular complexity index is 539. The summed E-state index contributed by atoms with van der Waals surface area (Å²) in [6.07, 6.45) is 5.16. The molecule has 0 aromatic carbocycles. The van der Waals surface area contributed by atoms with Gasteiger partial charge in [0.2, 0.25) is 0 Å². The highest BCUT2D eigenvalue weighted by molar-refractivity contribution is 9.10. The van der Waals surface area contributed by atoms with Gasteiger partial charge in [-0.25, -0.2) is 9.78 Å². The molecule has 1 aliphatic carbocycles. The zero-order chi connectivity index (χ0) is 15.5. The topological polar surface area (TPSA) is 79.3 Å². The molecular weight excluding hydrogens is 336 g/mol. The molecule has 5 nitrogen and oxygen atoms in total. The third-order valence-electron chi connectivity index (χ3n) is 4.27. The largest absolute Gasteiger partial charge is 0.480 e. The van der Waals surface area contributed by atoms with E-state index in [0.717, 1.165) is 19.3 Å². The molecule has 0 spiro atoms. The van der Waals surface area contributed by atoms with Crippen LogP contribution in [0.4, 0.5) is 0 Å². The van der Waals surface area contributed by atoms with Gasteiger partial charge in [0.1, 0.15) is 11.2 Å². The van der Waals surface area contributed by atoms with Gasteiger partial charge >= 0.3 is 5.97 Å². The number of carboxylic acids is 1. The van der Waals surface area contributed by atoms with Crippen molar-refractivity contribution >= 4 is 27.8 Å². The molecular formula is C15H19BrN2O3. The summed E-state index contributed by atoms with van der Waals surface area (Å²) in [5, 5.41) is 12.3. The molecule has 0 radical (unpaired) electrons. The van der Waals surface area contributed by atoms with Crippen LogP contribution in [0.1, 0.15) is 49.5 Å². The molecule has 2 N–H and O–H groups in total. The Morgan fingerprint density at radius 2 is 2.14 bits per heavy atom. The van der Waals surface area contributed by atoms with Crippen molar-refractivity contribution in [1.29, 1.82) is 0 Å². The first-order valence-electron chi connectivity index (χ1n) is 7.15. The predicted octanol–water partition coefficient (Wildman–Crippen LogP) is 3.00. The van der Waals surface area contributed by atoms with Gasteiger partial charge < -0.3 is 10.4 Å². The van der Waals surface area contributed by atoms with E-state index in [1.807, 2.05) is 0 Å². The minimum Gasteiger partial charge on any atom is -0.480 e. The molecule has 1 aromatic heterocycles. The number of halogens is 1. The number of amides is 1. The van der Waals surface area contributed by atoms with Gasteiger partial charge in [0.15, 0.2) is 0 Å². The zero-order valence-corrected chi connectivity index (χ0v) is 13.5. The highest BCUT2D eigenvalue weighted by Gasteiger charge is 2.43. The maximum Gasteiger partial charge on any atom is 0.329 e. The molecule has 1 aromatic rings. The summed E-state index contributed by atoms with van der Waals surface area (Å²) in [6.45, 7) is 2.11. The summed E-state index contributed by atoms with van der Waals surface area (Å²) in [5.74, 6) is -0.853. The third-order valence-corrected chi connectivity index (χ3v) is 4.91. The molecule has 1 aliphatic rings. The second-order valence-electron chi connectivity index (χ2n) is 5.53. The lowest BCUT2D eigenvalue weighted by Gasteiger charge is -2.37. The van der Waals surface area contributed by atoms with E-state index in [1.54, 1.807) is 12.1 Å². The molecule has 6 heteroatoms. The van der Waals surface area contributed by atoms with Crippen molar-refractivity contribution in [2.45, 2.75) is 44.6 Å². The maximum atomic E-state index is 12.3. The number of carbonyl (C=O) groups is 2. The molecule has 21 heavy (non-hydrogen) atoms. The van der Waals surface area contributed by atoms with Gasteiger partial charge in [-0.2, -0.15) is 0 Å². The first-order valence-corrected chi connectivity index (χ1v) is 7.94. The van der Waals surface area contributed by atoms with Gasteiger partial charge in [0, 0.05) is 10.7 Å². The van der Waals surface area contributed by atoms with E-state index in [2.05, 4.69) is 33.2 Å². The van der Waals surface area contributed by atoms with Crippen LogP contribution >= 0.6 is 15.9 Å². The van der Waals surface area contributed by atoms with Crippen LogP contribution in [0.3, 0.4) is 0 Å². The van der Waals surface area contributed by atoms with Crippen LogP contribution in [0.5, 0.6) is 0 Å². The van der Waals surface area contributed by atoms with Crippen LogP contribution in [0.15, 0.2) is 22.8 Å². The minimum atomic E-state index is -1.17. The maximum absolute atomic E-state index is 12.3. The quantitative estimate of drug-likeness (QED) is 0.870. The van der Waals surface area contributed by atoms with E-state index in [1.165, 1.54) is 6.20 Å². The Labute approximate surface area is 132 Å². The van der Waals surface area contributed by atoms with Crippen molar-refractivity contribution in [3.8, 4) is 0 Å². The first-order chi connectivity index (χ1) is 9.98. The zero-order valence-electron chi connectivity index (χ0n) is 11.9. The van der Waals surface area contributed by atoms with Crippen molar-refractivity contribution in [2.75, 3.05) is 0 Å². The molecule has 0 atom stereocenters. The lowest BCUT2D eigenvalue weighted by molar-refractivity contribution is -0.146. The Morgan fingerprint density at radius 1 is 1.48 bits per heavy atom. The van der Waals surface area contributed by atoms with Crippen molar-refractivity contribution in [3.05, 3.63) is 28.5 Å². The number of nitrogens with zero attached hydrogens (tertiary/aromatic N) is 1. The molecule has 114 valence electrons. The third kappa shape index (κ3) is 3.43. The SMILES string of the molecule is CCC1CCC(NC(=O)c2ncccc2Br)(C(=O)O)CC1. The fourth-order valence-electron chi connectivity index (χ4n) is 2.80. The Kier molecular flexibility index (Phi) is 4.98. The van der Waals surface area contributed by atoms with E-state index in [4.69, 9.17) is 0 Å². The van der Waals surface area contributed by atoms with Crippen LogP contribution in [-0.2, 0) is 4.79 Å². The first kappa shape index (κ1) is 15.9. The van der Waals surface area contributed by atoms with Crippen molar-refractivity contribution in [3.63, 3.8) is 0 Å². The van der Waals surface area contributed by atoms with Crippen LogP contribution < -0.4 is 5.32 Å². The predicted molar refractivity (Wildman–Crippen MR) is 82.0 cm³/mol. The van der Waals surface area contributed by atoms with Crippen molar-refractivity contribution in [1.82, 2.24) is 10.3 Å². The van der Waals surface area contributed by atoms with Crippen molar-refractivity contribution < 1.29 is 14.7 Å². The Balaban J connectivity index is 2.16. The number of rotatable bonds is 4. The minimum absolute atomic E-state index is 0.218. The summed E-state index contributed by atoms with van der Waals surface area (Å²) in [4.78, 5) is 28.0. The fourth-order valence-corrected chi connectivity index (χ4v) is 3.24. The summed E-state index contributed by atoms with van der Waals surface area (Å²) in [6, 6.07) is 3.42. The number of aromatic nitrogens is 1. The highest BCUT2D eigenvalue weighted by atomic mass is 79.9. The standard InChI is InChI=1S/C15H19BrN2O3/c1-2-10-5-7-15(8-6-10,14(20)21)18-13(19)12-11(16)4-3-9-17-12/h3-4,9-10H,2,5-8H2,1H3,(H,18,19)(H,20,21). The van der Waals surface area contributed by atoms with Gasteiger partial charge in [-0.1, -0.05) is 13.3 Å². The molecule has 1 saturated carbocycles. The number of hydrogen-bond acceptors (Lipinski definition) is 3. The fraction of sp³-hybridized carbons (Fsp3) is 0.533. The number of hydrogen-bond donors (Lipinski definition) is 2. The lowest BCUT2D eigenvalue weighted by Crippen LogP contribution is -2.56. The summed E-state index contributed by atoms with van der Waals surface area (Å²) >= 11 is 3.27. The number of carboxylic acid groups (broad SMARTS) is 1. The van der Waals surface area contributed by atoms with E-state index in [0.29, 0.717) is 23.2 Å². The second-order valence-corrected chi connectivity index (χ2v) is 6.38. The van der Waals surface area contributed by atoms with Crippen LogP contribution in [-0.4, -0.2) is 27.5 Å². The van der Waals surface area contributed by atoms with E-state index in [9.17, 15) is 14.7 Å². The average molecular weight is 355 g/mol. The van der Waals surface area contributed by atoms with E-state index in [-0.39, 0.29) is 5.69 Å². The van der Waals surface area contributed by atoms with Crippen LogP contribution in [0.25, 0.3) is 0 Å². The summed E-state index contributed by atoms with van der Waals surface area (Å²) in [7, 11) is 0. The Morgan fingerprint density at radius 3 is 2.67 bits per heavy atom.